The van der Waals surface area contributed by atoms with Crippen molar-refractivity contribution < 1.29 is 9.90 Å². The number of rotatable bonds is 3. The number of hydrogen-bond donors (Lipinski definition) is 1. The van der Waals surface area contributed by atoms with Crippen LogP contribution in [0.15, 0.2) is 24.0 Å². The predicted octanol–water partition coefficient (Wildman–Crippen LogP) is 1.22. The van der Waals surface area contributed by atoms with Crippen LogP contribution in [0.4, 0.5) is 0 Å². The van der Waals surface area contributed by atoms with Crippen LogP contribution >= 0.6 is 0 Å². The molecular formula is C9H12N2O2. The summed E-state index contributed by atoms with van der Waals surface area (Å²) in [6.45, 7) is 4.25. The van der Waals surface area contributed by atoms with Gasteiger partial charge in [0.2, 0.25) is 0 Å². The van der Waals surface area contributed by atoms with Gasteiger partial charge in [0.15, 0.2) is 0 Å². The highest BCUT2D eigenvalue weighted by Gasteiger charge is 1.98. The van der Waals surface area contributed by atoms with Crippen LogP contribution in [0.1, 0.15) is 12.7 Å². The lowest BCUT2D eigenvalue weighted by atomic mass is 10.3. The quantitative estimate of drug-likeness (QED) is 0.711. The van der Waals surface area contributed by atoms with Gasteiger partial charge in [0, 0.05) is 25.0 Å². The second kappa shape index (κ2) is 3.89. The first-order valence-corrected chi connectivity index (χ1v) is 3.97. The number of aromatic nitrogens is 2. The van der Waals surface area contributed by atoms with E-state index in [-0.39, 0.29) is 0 Å². The van der Waals surface area contributed by atoms with E-state index >= 15 is 0 Å². The van der Waals surface area contributed by atoms with E-state index in [1.54, 1.807) is 13.1 Å². The Morgan fingerprint density at radius 3 is 2.92 bits per heavy atom. The normalized spacial score (nSPS) is 11.7. The molecule has 0 unspecified atom stereocenters. The minimum absolute atomic E-state index is 0.581. The van der Waals surface area contributed by atoms with Crippen LogP contribution in [0.5, 0.6) is 0 Å². The van der Waals surface area contributed by atoms with Gasteiger partial charge in [-0.05, 0) is 19.4 Å². The number of carboxylic acids is 1. The molecule has 0 atom stereocenters. The summed E-state index contributed by atoms with van der Waals surface area (Å²) < 4.78 is 1.90. The smallest absolute Gasteiger partial charge is 0.328 e. The second-order valence-electron chi connectivity index (χ2n) is 2.93. The lowest BCUT2D eigenvalue weighted by molar-refractivity contribution is -0.131. The number of carboxylic acid groups (broad SMARTS) is 1. The molecule has 0 amide bonds. The molecule has 0 aliphatic heterocycles. The molecule has 0 aliphatic carbocycles. The maximum absolute atomic E-state index is 10.3. The fourth-order valence-electron chi connectivity index (χ4n) is 1.10. The number of nitrogens with zero attached hydrogens (tertiary/aromatic N) is 2. The average molecular weight is 180 g/mol. The molecule has 4 nitrogen and oxygen atoms in total. The summed E-state index contributed by atoms with van der Waals surface area (Å²) >= 11 is 0. The van der Waals surface area contributed by atoms with Gasteiger partial charge in [0.25, 0.3) is 0 Å². The number of carbonyl (C=O) groups is 1. The molecule has 1 N–H and O–H groups in total. The molecule has 1 rings (SSSR count). The van der Waals surface area contributed by atoms with Crippen molar-refractivity contribution in [3.8, 4) is 0 Å². The molecule has 0 fully saturated rings. The molecular weight excluding hydrogens is 168 g/mol. The average Bonchev–Trinajstić information content (AvgIpc) is 2.34. The number of aryl methyl sites for hydroxylation is 1. The van der Waals surface area contributed by atoms with Crippen molar-refractivity contribution in [1.82, 2.24) is 9.55 Å². The predicted molar refractivity (Wildman–Crippen MR) is 48.4 cm³/mol. The Morgan fingerprint density at radius 2 is 2.46 bits per heavy atom. The lowest BCUT2D eigenvalue weighted by Crippen LogP contribution is -2.02. The second-order valence-corrected chi connectivity index (χ2v) is 2.93. The maximum Gasteiger partial charge on any atom is 0.328 e. The molecule has 0 aliphatic rings. The molecule has 1 aromatic heterocycles. The van der Waals surface area contributed by atoms with Crippen molar-refractivity contribution in [3.05, 3.63) is 29.9 Å². The molecule has 0 bridgehead atoms. The zero-order chi connectivity index (χ0) is 9.84. The van der Waals surface area contributed by atoms with Crippen LogP contribution in [-0.2, 0) is 11.3 Å². The number of allylic oxidation sites excluding steroid dienone is 1. The number of aliphatic carboxylic acids is 1. The Hall–Kier alpha value is -1.58. The van der Waals surface area contributed by atoms with Crippen LogP contribution in [0.2, 0.25) is 0 Å². The molecule has 0 aromatic carbocycles. The van der Waals surface area contributed by atoms with Crippen molar-refractivity contribution in [2.75, 3.05) is 0 Å². The molecule has 70 valence electrons. The van der Waals surface area contributed by atoms with Gasteiger partial charge in [-0.25, -0.2) is 9.78 Å². The van der Waals surface area contributed by atoms with Crippen LogP contribution in [0.25, 0.3) is 0 Å². The van der Waals surface area contributed by atoms with Gasteiger partial charge < -0.3 is 9.67 Å². The Labute approximate surface area is 76.5 Å². The topological polar surface area (TPSA) is 55.1 Å². The van der Waals surface area contributed by atoms with Crippen LogP contribution in [0.3, 0.4) is 0 Å². The number of imidazole rings is 1. The highest BCUT2D eigenvalue weighted by Crippen LogP contribution is 2.01. The summed E-state index contributed by atoms with van der Waals surface area (Å²) in [5.74, 6) is -0.0200. The van der Waals surface area contributed by atoms with Gasteiger partial charge in [-0.2, -0.15) is 0 Å². The van der Waals surface area contributed by atoms with Gasteiger partial charge in [0.05, 0.1) is 0 Å². The van der Waals surface area contributed by atoms with Crippen molar-refractivity contribution in [2.24, 2.45) is 0 Å². The first-order valence-electron chi connectivity index (χ1n) is 3.97. The third-order valence-electron chi connectivity index (χ3n) is 1.71. The van der Waals surface area contributed by atoms with E-state index in [4.69, 9.17) is 5.11 Å². The van der Waals surface area contributed by atoms with Crippen molar-refractivity contribution in [2.45, 2.75) is 20.4 Å². The van der Waals surface area contributed by atoms with E-state index < -0.39 is 5.97 Å². The summed E-state index contributed by atoms with van der Waals surface area (Å²) in [7, 11) is 0. The Kier molecular flexibility index (Phi) is 2.84. The zero-order valence-corrected chi connectivity index (χ0v) is 7.69. The molecule has 0 saturated carbocycles. The highest BCUT2D eigenvalue weighted by molar-refractivity contribution is 5.80. The van der Waals surface area contributed by atoms with E-state index in [2.05, 4.69) is 4.98 Å². The molecule has 0 saturated heterocycles. The van der Waals surface area contributed by atoms with Gasteiger partial charge >= 0.3 is 5.97 Å². The van der Waals surface area contributed by atoms with Gasteiger partial charge in [-0.1, -0.05) is 0 Å². The van der Waals surface area contributed by atoms with Crippen LogP contribution in [0, 0.1) is 6.92 Å². The van der Waals surface area contributed by atoms with Crippen LogP contribution < -0.4 is 0 Å². The largest absolute Gasteiger partial charge is 0.478 e. The monoisotopic (exact) mass is 180 g/mol. The fraction of sp³-hybridized carbons (Fsp3) is 0.333. The lowest BCUT2D eigenvalue weighted by Gasteiger charge is -2.03. The SMILES string of the molecule is C/C(=C/C(=O)O)Cn1ccnc1C. The van der Waals surface area contributed by atoms with Gasteiger partial charge in [0.1, 0.15) is 5.82 Å². The first kappa shape index (κ1) is 9.51. The maximum atomic E-state index is 10.3. The summed E-state index contributed by atoms with van der Waals surface area (Å²) in [6.07, 6.45) is 4.73. The summed E-state index contributed by atoms with van der Waals surface area (Å²) in [5, 5.41) is 8.48. The Bertz CT molecular complexity index is 339. The molecule has 1 heterocycles. The number of hydrogen-bond acceptors (Lipinski definition) is 2. The van der Waals surface area contributed by atoms with Crippen molar-refractivity contribution >= 4 is 5.97 Å². The van der Waals surface area contributed by atoms with E-state index in [0.717, 1.165) is 11.4 Å². The minimum Gasteiger partial charge on any atom is -0.478 e. The Morgan fingerprint density at radius 1 is 1.77 bits per heavy atom. The minimum atomic E-state index is -0.907. The Balaban J connectivity index is 2.70. The summed E-state index contributed by atoms with van der Waals surface area (Å²) in [4.78, 5) is 14.4. The summed E-state index contributed by atoms with van der Waals surface area (Å²) in [6, 6.07) is 0. The van der Waals surface area contributed by atoms with E-state index in [1.807, 2.05) is 17.7 Å². The first-order chi connectivity index (χ1) is 6.09. The molecule has 4 heteroatoms. The summed E-state index contributed by atoms with van der Waals surface area (Å²) in [5.41, 5.74) is 0.800. The van der Waals surface area contributed by atoms with E-state index in [0.29, 0.717) is 6.54 Å². The van der Waals surface area contributed by atoms with Crippen LogP contribution in [-0.4, -0.2) is 20.6 Å². The van der Waals surface area contributed by atoms with E-state index in [1.165, 1.54) is 6.08 Å². The molecule has 13 heavy (non-hydrogen) atoms. The van der Waals surface area contributed by atoms with Gasteiger partial charge in [-0.3, -0.25) is 0 Å². The zero-order valence-electron chi connectivity index (χ0n) is 7.69. The van der Waals surface area contributed by atoms with Gasteiger partial charge in [-0.15, -0.1) is 0 Å². The van der Waals surface area contributed by atoms with Crippen molar-refractivity contribution in [1.29, 1.82) is 0 Å². The molecule has 1 aromatic rings. The third kappa shape index (κ3) is 2.74. The van der Waals surface area contributed by atoms with E-state index in [9.17, 15) is 4.79 Å². The highest BCUT2D eigenvalue weighted by atomic mass is 16.4. The molecule has 0 radical (unpaired) electrons. The molecule has 0 spiro atoms. The van der Waals surface area contributed by atoms with Crippen molar-refractivity contribution in [3.63, 3.8) is 0 Å². The standard InChI is InChI=1S/C9H12N2O2/c1-7(5-9(12)13)6-11-4-3-10-8(11)2/h3-5H,6H2,1-2H3,(H,12,13)/b7-5-. The fourth-order valence-corrected chi connectivity index (χ4v) is 1.10. The third-order valence-corrected chi connectivity index (χ3v) is 1.71.